The summed E-state index contributed by atoms with van der Waals surface area (Å²) in [6.07, 6.45) is 0. The number of hydrogen-bond donors (Lipinski definition) is 1. The van der Waals surface area contributed by atoms with Gasteiger partial charge in [0.1, 0.15) is 0 Å². The van der Waals surface area contributed by atoms with Crippen LogP contribution in [0.25, 0.3) is 5.69 Å². The first-order valence-electron chi connectivity index (χ1n) is 6.70. The normalized spacial score (nSPS) is 12.7. The van der Waals surface area contributed by atoms with Crippen LogP contribution in [0.4, 0.5) is 0 Å². The van der Waals surface area contributed by atoms with E-state index in [0.717, 1.165) is 38.7 Å². The van der Waals surface area contributed by atoms with Crippen molar-refractivity contribution in [1.82, 2.24) is 15.1 Å². The van der Waals surface area contributed by atoms with Gasteiger partial charge in [-0.05, 0) is 60.9 Å². The van der Waals surface area contributed by atoms with Crippen LogP contribution in [-0.4, -0.2) is 16.3 Å². The highest BCUT2D eigenvalue weighted by molar-refractivity contribution is 9.10. The highest BCUT2D eigenvalue weighted by atomic mass is 79.9. The second-order valence-electron chi connectivity index (χ2n) is 4.88. The van der Waals surface area contributed by atoms with Gasteiger partial charge in [-0.2, -0.15) is 5.10 Å². The molecule has 3 nitrogen and oxygen atoms in total. The number of aromatic nitrogens is 2. The molecule has 1 aromatic carbocycles. The van der Waals surface area contributed by atoms with E-state index in [1.165, 1.54) is 0 Å². The van der Waals surface area contributed by atoms with E-state index in [9.17, 15) is 0 Å². The van der Waals surface area contributed by atoms with E-state index < -0.39 is 0 Å². The minimum absolute atomic E-state index is 0.244. The molecule has 0 radical (unpaired) electrons. The molecule has 0 amide bonds. The number of nitrogens with one attached hydrogen (secondary N) is 1. The van der Waals surface area contributed by atoms with Crippen molar-refractivity contribution >= 4 is 27.5 Å². The van der Waals surface area contributed by atoms with Crippen molar-refractivity contribution in [3.63, 3.8) is 0 Å². The summed E-state index contributed by atoms with van der Waals surface area (Å²) in [5.41, 5.74) is 4.14. The average molecular weight is 357 g/mol. The maximum Gasteiger partial charge on any atom is 0.0743 e. The molecule has 1 atom stereocenters. The Balaban J connectivity index is 2.40. The van der Waals surface area contributed by atoms with Crippen molar-refractivity contribution in [3.8, 4) is 5.69 Å². The molecule has 0 aliphatic carbocycles. The van der Waals surface area contributed by atoms with Crippen molar-refractivity contribution < 1.29 is 0 Å². The maximum absolute atomic E-state index is 6.42. The van der Waals surface area contributed by atoms with Crippen LogP contribution in [0.1, 0.15) is 36.8 Å². The number of aryl methyl sites for hydroxylation is 1. The van der Waals surface area contributed by atoms with Crippen molar-refractivity contribution in [2.75, 3.05) is 6.54 Å². The van der Waals surface area contributed by atoms with Crippen LogP contribution in [0.15, 0.2) is 22.7 Å². The summed E-state index contributed by atoms with van der Waals surface area (Å²) in [4.78, 5) is 0. The summed E-state index contributed by atoms with van der Waals surface area (Å²) >= 11 is 9.96. The van der Waals surface area contributed by atoms with Crippen LogP contribution in [0.3, 0.4) is 0 Å². The fourth-order valence-corrected chi connectivity index (χ4v) is 2.88. The molecule has 2 rings (SSSR count). The number of nitrogens with zero attached hydrogens (tertiary/aromatic N) is 2. The molecule has 1 unspecified atom stereocenters. The molecular formula is C15H19BrClN3. The van der Waals surface area contributed by atoms with Gasteiger partial charge in [0, 0.05) is 11.1 Å². The smallest absolute Gasteiger partial charge is 0.0743 e. The summed E-state index contributed by atoms with van der Waals surface area (Å²) in [7, 11) is 0. The van der Waals surface area contributed by atoms with Crippen LogP contribution in [0.5, 0.6) is 0 Å². The largest absolute Gasteiger partial charge is 0.310 e. The number of halogens is 2. The zero-order valence-electron chi connectivity index (χ0n) is 12.2. The molecule has 0 aliphatic heterocycles. The lowest BCUT2D eigenvalue weighted by Crippen LogP contribution is -2.18. The number of rotatable bonds is 4. The molecule has 2 aromatic rings. The lowest BCUT2D eigenvalue weighted by Gasteiger charge is -2.15. The van der Waals surface area contributed by atoms with Gasteiger partial charge < -0.3 is 5.32 Å². The van der Waals surface area contributed by atoms with Crippen molar-refractivity contribution in [2.45, 2.75) is 33.7 Å². The molecule has 0 saturated heterocycles. The zero-order valence-corrected chi connectivity index (χ0v) is 14.5. The zero-order chi connectivity index (χ0) is 14.9. The molecule has 0 fully saturated rings. The Bertz CT molecular complexity index is 622. The first kappa shape index (κ1) is 15.5. The summed E-state index contributed by atoms with van der Waals surface area (Å²) in [5.74, 6) is 0. The van der Waals surface area contributed by atoms with Crippen molar-refractivity contribution in [2.24, 2.45) is 0 Å². The first-order chi connectivity index (χ1) is 9.45. The Morgan fingerprint density at radius 2 is 2.10 bits per heavy atom. The van der Waals surface area contributed by atoms with E-state index in [-0.39, 0.29) is 6.04 Å². The van der Waals surface area contributed by atoms with Gasteiger partial charge in [-0.3, -0.25) is 0 Å². The highest BCUT2D eigenvalue weighted by Gasteiger charge is 2.13. The number of hydrogen-bond acceptors (Lipinski definition) is 2. The quantitative estimate of drug-likeness (QED) is 0.869. The monoisotopic (exact) mass is 355 g/mol. The molecule has 20 heavy (non-hydrogen) atoms. The lowest BCUT2D eigenvalue weighted by atomic mass is 10.1. The Hall–Kier alpha value is -0.840. The van der Waals surface area contributed by atoms with E-state index in [0.29, 0.717) is 0 Å². The lowest BCUT2D eigenvalue weighted by molar-refractivity contribution is 0.598. The third-order valence-corrected chi connectivity index (χ3v) is 4.88. The Morgan fingerprint density at radius 1 is 1.40 bits per heavy atom. The molecule has 1 aromatic heterocycles. The van der Waals surface area contributed by atoms with Gasteiger partial charge in [0.2, 0.25) is 0 Å². The minimum Gasteiger partial charge on any atom is -0.310 e. The first-order valence-corrected chi connectivity index (χ1v) is 7.87. The Kier molecular flexibility index (Phi) is 4.89. The van der Waals surface area contributed by atoms with Gasteiger partial charge in [-0.1, -0.05) is 24.6 Å². The molecule has 1 N–H and O–H groups in total. The van der Waals surface area contributed by atoms with Gasteiger partial charge in [-0.15, -0.1) is 0 Å². The highest BCUT2D eigenvalue weighted by Crippen LogP contribution is 2.28. The molecule has 1 heterocycles. The second kappa shape index (κ2) is 6.29. The van der Waals surface area contributed by atoms with Crippen LogP contribution >= 0.6 is 27.5 Å². The molecule has 0 saturated carbocycles. The molecule has 0 spiro atoms. The third-order valence-electron chi connectivity index (χ3n) is 3.41. The van der Waals surface area contributed by atoms with E-state index in [1.807, 2.05) is 24.6 Å². The van der Waals surface area contributed by atoms with E-state index in [4.69, 9.17) is 11.6 Å². The Morgan fingerprint density at radius 3 is 2.60 bits per heavy atom. The maximum atomic E-state index is 6.42. The van der Waals surface area contributed by atoms with Crippen LogP contribution < -0.4 is 5.32 Å². The summed E-state index contributed by atoms with van der Waals surface area (Å²) < 4.78 is 2.95. The molecule has 0 bridgehead atoms. The van der Waals surface area contributed by atoms with E-state index in [1.54, 1.807) is 0 Å². The summed E-state index contributed by atoms with van der Waals surface area (Å²) in [6, 6.07) is 6.33. The van der Waals surface area contributed by atoms with Crippen LogP contribution in [0, 0.1) is 13.8 Å². The van der Waals surface area contributed by atoms with E-state index in [2.05, 4.69) is 52.3 Å². The van der Waals surface area contributed by atoms with Crippen LogP contribution in [0.2, 0.25) is 5.02 Å². The number of benzene rings is 1. The molecular weight excluding hydrogens is 338 g/mol. The predicted molar refractivity (Wildman–Crippen MR) is 87.8 cm³/mol. The summed E-state index contributed by atoms with van der Waals surface area (Å²) in [6.45, 7) is 9.14. The van der Waals surface area contributed by atoms with Gasteiger partial charge in [0.15, 0.2) is 0 Å². The summed E-state index contributed by atoms with van der Waals surface area (Å²) in [5, 5.41) is 8.66. The standard InChI is InChI=1S/C15H19BrClN3/c1-5-18-9(2)13-7-6-12(8-14(13)17)20-11(4)15(16)10(3)19-20/h6-9,18H,5H2,1-4H3. The van der Waals surface area contributed by atoms with E-state index >= 15 is 0 Å². The second-order valence-corrected chi connectivity index (χ2v) is 6.08. The van der Waals surface area contributed by atoms with Crippen molar-refractivity contribution in [1.29, 1.82) is 0 Å². The fourth-order valence-electron chi connectivity index (χ4n) is 2.29. The SMILES string of the molecule is CCNC(C)c1ccc(-n2nc(C)c(Br)c2C)cc1Cl. The molecule has 108 valence electrons. The third kappa shape index (κ3) is 2.92. The van der Waals surface area contributed by atoms with Crippen LogP contribution in [-0.2, 0) is 0 Å². The minimum atomic E-state index is 0.244. The molecule has 0 aliphatic rings. The fraction of sp³-hybridized carbons (Fsp3) is 0.400. The predicted octanol–water partition coefficient (Wildman–Crippen LogP) is 4.58. The topological polar surface area (TPSA) is 29.9 Å². The average Bonchev–Trinajstić information content (AvgIpc) is 2.66. The molecule has 5 heteroatoms. The van der Waals surface area contributed by atoms with Gasteiger partial charge in [0.05, 0.1) is 21.5 Å². The van der Waals surface area contributed by atoms with Gasteiger partial charge in [-0.25, -0.2) is 4.68 Å². The Labute approximate surface area is 133 Å². The van der Waals surface area contributed by atoms with Gasteiger partial charge in [0.25, 0.3) is 0 Å². The van der Waals surface area contributed by atoms with Crippen molar-refractivity contribution in [3.05, 3.63) is 44.6 Å². The van der Waals surface area contributed by atoms with Gasteiger partial charge >= 0.3 is 0 Å².